The number of hydrogen-bond acceptors (Lipinski definition) is 0. The van der Waals surface area contributed by atoms with Crippen LogP contribution in [-0.4, -0.2) is 0 Å². The van der Waals surface area contributed by atoms with E-state index in [1.165, 1.54) is 0 Å². The summed E-state index contributed by atoms with van der Waals surface area (Å²) in [7, 11) is 0. The Morgan fingerprint density at radius 3 is 1.83 bits per heavy atom. The molecule has 0 aliphatic rings. The quantitative estimate of drug-likeness (QED) is 0.486. The first-order chi connectivity index (χ1) is 8.74. The highest BCUT2D eigenvalue weighted by Crippen LogP contribution is 2.23. The number of allylic oxidation sites excluding steroid dienone is 1. The van der Waals surface area contributed by atoms with E-state index in [-0.39, 0.29) is 5.38 Å². The highest BCUT2D eigenvalue weighted by Gasteiger charge is 2.02. The molecule has 0 fully saturated rings. The van der Waals surface area contributed by atoms with Crippen molar-refractivity contribution in [1.29, 1.82) is 0 Å². The van der Waals surface area contributed by atoms with Gasteiger partial charge in [-0.2, -0.15) is 0 Å². The predicted molar refractivity (Wildman–Crippen MR) is 81.3 cm³/mol. The minimum absolute atomic E-state index is 0.0775. The molecular weight excluding hydrogens is 263 g/mol. The van der Waals surface area contributed by atoms with Gasteiger partial charge in [0.15, 0.2) is 0 Å². The second kappa shape index (κ2) is 8.79. The number of hydrogen-bond donors (Lipinski definition) is 0. The lowest BCUT2D eigenvalue weighted by Crippen LogP contribution is -1.86. The van der Waals surface area contributed by atoms with E-state index in [0.29, 0.717) is 0 Å². The zero-order chi connectivity index (χ0) is 13.2. The van der Waals surface area contributed by atoms with E-state index in [9.17, 15) is 0 Å². The molecule has 0 bridgehead atoms. The molecule has 2 aromatic carbocycles. The first kappa shape index (κ1) is 14.8. The van der Waals surface area contributed by atoms with Crippen LogP contribution in [0.15, 0.2) is 73.3 Å². The maximum atomic E-state index is 6.04. The summed E-state index contributed by atoms with van der Waals surface area (Å²) in [5.41, 5.74) is 1.16. The van der Waals surface area contributed by atoms with Crippen LogP contribution < -0.4 is 0 Å². The molecule has 0 nitrogen and oxygen atoms in total. The lowest BCUT2D eigenvalue weighted by Gasteiger charge is -2.04. The van der Waals surface area contributed by atoms with Gasteiger partial charge in [0, 0.05) is 5.02 Å². The molecule has 2 heteroatoms. The van der Waals surface area contributed by atoms with Crippen LogP contribution in [0.5, 0.6) is 0 Å². The van der Waals surface area contributed by atoms with Crippen molar-refractivity contribution in [2.45, 2.75) is 11.8 Å². The minimum atomic E-state index is 0.0775. The summed E-state index contributed by atoms with van der Waals surface area (Å²) in [6, 6.07) is 19.5. The summed E-state index contributed by atoms with van der Waals surface area (Å²) >= 11 is 11.6. The van der Waals surface area contributed by atoms with Crippen molar-refractivity contribution < 1.29 is 0 Å². The van der Waals surface area contributed by atoms with E-state index >= 15 is 0 Å². The summed E-state index contributed by atoms with van der Waals surface area (Å²) < 4.78 is 0. The Hall–Kier alpha value is -1.24. The average molecular weight is 279 g/mol. The molecule has 0 saturated carbocycles. The van der Waals surface area contributed by atoms with E-state index < -0.39 is 0 Å². The standard InChI is InChI=1S/C10H11Cl.C6H5Cl/c1-2-6-10(11)9-7-4-3-5-8-9;7-6-4-2-1-3-5-6/h2-5,7-8,10H,1,6H2;1-5H. The Bertz CT molecular complexity index is 437. The number of rotatable bonds is 3. The molecule has 1 atom stereocenters. The Morgan fingerprint density at radius 2 is 1.44 bits per heavy atom. The molecule has 0 spiro atoms. The minimum Gasteiger partial charge on any atom is -0.117 e. The van der Waals surface area contributed by atoms with Crippen LogP contribution in [0.4, 0.5) is 0 Å². The maximum Gasteiger partial charge on any atom is 0.0619 e. The van der Waals surface area contributed by atoms with Crippen molar-refractivity contribution >= 4 is 23.2 Å². The SMILES string of the molecule is C=CCC(Cl)c1ccccc1.Clc1ccccc1. The number of halogens is 2. The van der Waals surface area contributed by atoms with E-state index in [1.54, 1.807) is 0 Å². The van der Waals surface area contributed by atoms with E-state index in [2.05, 4.69) is 6.58 Å². The first-order valence-corrected chi connectivity index (χ1v) is 6.56. The van der Waals surface area contributed by atoms with Crippen molar-refractivity contribution in [1.82, 2.24) is 0 Å². The topological polar surface area (TPSA) is 0 Å². The van der Waals surface area contributed by atoms with Crippen LogP contribution in [0.1, 0.15) is 17.4 Å². The summed E-state index contributed by atoms with van der Waals surface area (Å²) in [6.07, 6.45) is 2.66. The molecule has 0 aliphatic heterocycles. The van der Waals surface area contributed by atoms with Crippen LogP contribution in [0.25, 0.3) is 0 Å². The Labute approximate surface area is 119 Å². The summed E-state index contributed by atoms with van der Waals surface area (Å²) in [5, 5.41) is 0.871. The molecule has 0 N–H and O–H groups in total. The van der Waals surface area contributed by atoms with Gasteiger partial charge >= 0.3 is 0 Å². The smallest absolute Gasteiger partial charge is 0.0619 e. The van der Waals surface area contributed by atoms with E-state index in [1.807, 2.05) is 66.7 Å². The van der Waals surface area contributed by atoms with E-state index in [4.69, 9.17) is 23.2 Å². The molecule has 0 aromatic heterocycles. The van der Waals surface area contributed by atoms with Crippen molar-refractivity contribution in [2.75, 3.05) is 0 Å². The van der Waals surface area contributed by atoms with Crippen molar-refractivity contribution in [2.24, 2.45) is 0 Å². The highest BCUT2D eigenvalue weighted by atomic mass is 35.5. The first-order valence-electron chi connectivity index (χ1n) is 5.74. The molecule has 0 amide bonds. The van der Waals surface area contributed by atoms with Crippen molar-refractivity contribution in [3.63, 3.8) is 0 Å². The van der Waals surface area contributed by atoms with Gasteiger partial charge in [-0.3, -0.25) is 0 Å². The third-order valence-electron chi connectivity index (χ3n) is 2.27. The summed E-state index contributed by atoms with van der Waals surface area (Å²) in [4.78, 5) is 0. The fraction of sp³-hybridized carbons (Fsp3) is 0.125. The summed E-state index contributed by atoms with van der Waals surface area (Å²) in [5.74, 6) is 0. The fourth-order valence-corrected chi connectivity index (χ4v) is 1.78. The van der Waals surface area contributed by atoms with Gasteiger partial charge in [0.2, 0.25) is 0 Å². The molecule has 0 aliphatic carbocycles. The monoisotopic (exact) mass is 278 g/mol. The van der Waals surface area contributed by atoms with E-state index in [0.717, 1.165) is 17.0 Å². The molecule has 18 heavy (non-hydrogen) atoms. The average Bonchev–Trinajstić information content (AvgIpc) is 2.42. The maximum absolute atomic E-state index is 6.04. The number of benzene rings is 2. The molecular formula is C16H16Cl2. The zero-order valence-electron chi connectivity index (χ0n) is 10.1. The molecule has 0 heterocycles. The molecule has 2 rings (SSSR count). The normalized spacial score (nSPS) is 11.0. The predicted octanol–water partition coefficient (Wildman–Crippen LogP) is 5.88. The van der Waals surface area contributed by atoms with Gasteiger partial charge in [-0.05, 0) is 24.1 Å². The van der Waals surface area contributed by atoms with Crippen LogP contribution >= 0.6 is 23.2 Å². The lowest BCUT2D eigenvalue weighted by molar-refractivity contribution is 0.959. The fourth-order valence-electron chi connectivity index (χ4n) is 1.36. The van der Waals surface area contributed by atoms with Gasteiger partial charge in [-0.15, -0.1) is 18.2 Å². The van der Waals surface area contributed by atoms with Gasteiger partial charge in [-0.25, -0.2) is 0 Å². The Balaban J connectivity index is 0.000000199. The molecule has 2 aromatic rings. The van der Waals surface area contributed by atoms with Crippen LogP contribution in [-0.2, 0) is 0 Å². The third-order valence-corrected chi connectivity index (χ3v) is 2.95. The van der Waals surface area contributed by atoms with Gasteiger partial charge in [-0.1, -0.05) is 66.2 Å². The molecule has 1 unspecified atom stereocenters. The second-order valence-corrected chi connectivity index (χ2v) is 4.66. The van der Waals surface area contributed by atoms with Crippen LogP contribution in [0.3, 0.4) is 0 Å². The molecule has 0 radical (unpaired) electrons. The third kappa shape index (κ3) is 5.90. The largest absolute Gasteiger partial charge is 0.117 e. The van der Waals surface area contributed by atoms with Crippen LogP contribution in [0, 0.1) is 0 Å². The van der Waals surface area contributed by atoms with Crippen LogP contribution in [0.2, 0.25) is 5.02 Å². The highest BCUT2D eigenvalue weighted by molar-refractivity contribution is 6.30. The Kier molecular flexibility index (Phi) is 7.24. The Morgan fingerprint density at radius 1 is 0.944 bits per heavy atom. The van der Waals surface area contributed by atoms with Crippen molar-refractivity contribution in [3.8, 4) is 0 Å². The van der Waals surface area contributed by atoms with Gasteiger partial charge in [0.1, 0.15) is 0 Å². The summed E-state index contributed by atoms with van der Waals surface area (Å²) in [6.45, 7) is 3.64. The second-order valence-electron chi connectivity index (χ2n) is 3.70. The van der Waals surface area contributed by atoms with Gasteiger partial charge < -0.3 is 0 Å². The zero-order valence-corrected chi connectivity index (χ0v) is 11.6. The molecule has 0 saturated heterocycles. The van der Waals surface area contributed by atoms with Crippen molar-refractivity contribution in [3.05, 3.63) is 83.9 Å². The molecule has 94 valence electrons. The lowest BCUT2D eigenvalue weighted by atomic mass is 10.1. The number of alkyl halides is 1. The van der Waals surface area contributed by atoms with Gasteiger partial charge in [0.05, 0.1) is 5.38 Å². The van der Waals surface area contributed by atoms with Gasteiger partial charge in [0.25, 0.3) is 0 Å².